The van der Waals surface area contributed by atoms with Crippen LogP contribution in [0.15, 0.2) is 24.3 Å². The van der Waals surface area contributed by atoms with Crippen molar-refractivity contribution in [3.8, 4) is 0 Å². The summed E-state index contributed by atoms with van der Waals surface area (Å²) in [6.07, 6.45) is 1.02. The second-order valence-electron chi connectivity index (χ2n) is 7.05. The first-order valence-electron chi connectivity index (χ1n) is 8.05. The SMILES string of the molecule is COC(=O)N1CCC(C(=O)Nc2ccc(C(C)(C)C)cc2)CC1. The van der Waals surface area contributed by atoms with Crippen LogP contribution in [0.5, 0.6) is 0 Å². The van der Waals surface area contributed by atoms with E-state index in [1.165, 1.54) is 12.7 Å². The minimum absolute atomic E-state index is 0.0259. The van der Waals surface area contributed by atoms with Crippen molar-refractivity contribution in [2.24, 2.45) is 5.92 Å². The number of nitrogens with one attached hydrogen (secondary N) is 1. The number of piperidine rings is 1. The van der Waals surface area contributed by atoms with Crippen LogP contribution >= 0.6 is 0 Å². The maximum absolute atomic E-state index is 12.3. The van der Waals surface area contributed by atoms with Crippen LogP contribution in [0, 0.1) is 5.92 Å². The Morgan fingerprint density at radius 2 is 1.70 bits per heavy atom. The van der Waals surface area contributed by atoms with Gasteiger partial charge in [-0.2, -0.15) is 0 Å². The summed E-state index contributed by atoms with van der Waals surface area (Å²) in [5, 5.41) is 2.97. The smallest absolute Gasteiger partial charge is 0.409 e. The van der Waals surface area contributed by atoms with Crippen LogP contribution in [0.25, 0.3) is 0 Å². The fraction of sp³-hybridized carbons (Fsp3) is 0.556. The highest BCUT2D eigenvalue weighted by atomic mass is 16.5. The second kappa shape index (κ2) is 7.02. The van der Waals surface area contributed by atoms with Crippen LogP contribution in [-0.2, 0) is 14.9 Å². The first kappa shape index (κ1) is 17.3. The molecule has 1 fully saturated rings. The maximum atomic E-state index is 12.3. The van der Waals surface area contributed by atoms with Crippen LogP contribution in [0.2, 0.25) is 0 Å². The van der Waals surface area contributed by atoms with Crippen molar-refractivity contribution in [2.75, 3.05) is 25.5 Å². The van der Waals surface area contributed by atoms with Gasteiger partial charge >= 0.3 is 6.09 Å². The Kier molecular flexibility index (Phi) is 5.29. The summed E-state index contributed by atoms with van der Waals surface area (Å²) in [5.41, 5.74) is 2.16. The number of amides is 2. The summed E-state index contributed by atoms with van der Waals surface area (Å²) in [7, 11) is 1.38. The molecule has 5 nitrogen and oxygen atoms in total. The van der Waals surface area contributed by atoms with Crippen LogP contribution in [-0.4, -0.2) is 37.1 Å². The van der Waals surface area contributed by atoms with E-state index in [2.05, 4.69) is 38.2 Å². The average molecular weight is 318 g/mol. The van der Waals surface area contributed by atoms with Crippen LogP contribution in [0.1, 0.15) is 39.2 Å². The number of ether oxygens (including phenoxy) is 1. The molecule has 1 heterocycles. The lowest BCUT2D eigenvalue weighted by atomic mass is 9.87. The predicted octanol–water partition coefficient (Wildman–Crippen LogP) is 3.40. The lowest BCUT2D eigenvalue weighted by molar-refractivity contribution is -0.121. The Balaban J connectivity index is 1.89. The third-order valence-corrected chi connectivity index (χ3v) is 4.32. The minimum atomic E-state index is -0.318. The van der Waals surface area contributed by atoms with Gasteiger partial charge in [-0.3, -0.25) is 4.79 Å². The van der Waals surface area contributed by atoms with E-state index in [9.17, 15) is 9.59 Å². The lowest BCUT2D eigenvalue weighted by Crippen LogP contribution is -2.41. The molecule has 0 atom stereocenters. The number of hydrogen-bond donors (Lipinski definition) is 1. The van der Waals surface area contributed by atoms with Crippen molar-refractivity contribution in [3.63, 3.8) is 0 Å². The molecule has 0 aliphatic carbocycles. The average Bonchev–Trinajstić information content (AvgIpc) is 2.54. The molecule has 0 unspecified atom stereocenters. The van der Waals surface area contributed by atoms with E-state index >= 15 is 0 Å². The number of carbonyl (C=O) groups excluding carboxylic acids is 2. The third kappa shape index (κ3) is 4.47. The van der Waals surface area contributed by atoms with E-state index in [4.69, 9.17) is 4.74 Å². The van der Waals surface area contributed by atoms with Gasteiger partial charge in [0.15, 0.2) is 0 Å². The fourth-order valence-corrected chi connectivity index (χ4v) is 2.75. The molecule has 1 aliphatic rings. The molecule has 0 bridgehead atoms. The fourth-order valence-electron chi connectivity index (χ4n) is 2.75. The van der Waals surface area contributed by atoms with Gasteiger partial charge < -0.3 is 15.0 Å². The van der Waals surface area contributed by atoms with Gasteiger partial charge in [0.05, 0.1) is 7.11 Å². The second-order valence-corrected chi connectivity index (χ2v) is 7.05. The van der Waals surface area contributed by atoms with Crippen molar-refractivity contribution in [2.45, 2.75) is 39.0 Å². The first-order chi connectivity index (χ1) is 10.8. The van der Waals surface area contributed by atoms with Gasteiger partial charge in [-0.25, -0.2) is 4.79 Å². The van der Waals surface area contributed by atoms with Crippen molar-refractivity contribution in [3.05, 3.63) is 29.8 Å². The van der Waals surface area contributed by atoms with Gasteiger partial charge in [0.2, 0.25) is 5.91 Å². The van der Waals surface area contributed by atoms with Crippen LogP contribution < -0.4 is 5.32 Å². The quantitative estimate of drug-likeness (QED) is 0.909. The normalized spacial score (nSPS) is 16.1. The number of likely N-dealkylation sites (tertiary alicyclic amines) is 1. The first-order valence-corrected chi connectivity index (χ1v) is 8.05. The highest BCUT2D eigenvalue weighted by Gasteiger charge is 2.27. The topological polar surface area (TPSA) is 58.6 Å². The maximum Gasteiger partial charge on any atom is 0.409 e. The molecule has 0 radical (unpaired) electrons. The molecule has 0 aromatic heterocycles. The number of benzene rings is 1. The van der Waals surface area contributed by atoms with Crippen LogP contribution in [0.4, 0.5) is 10.5 Å². The van der Waals surface area contributed by atoms with E-state index in [0.29, 0.717) is 25.9 Å². The Bertz CT molecular complexity index is 553. The number of hydrogen-bond acceptors (Lipinski definition) is 3. The van der Waals surface area contributed by atoms with E-state index in [1.54, 1.807) is 4.90 Å². The minimum Gasteiger partial charge on any atom is -0.453 e. The summed E-state index contributed by atoms with van der Waals surface area (Å²) in [6, 6.07) is 8.00. The van der Waals surface area contributed by atoms with Crippen LogP contribution in [0.3, 0.4) is 0 Å². The van der Waals surface area contributed by atoms with E-state index in [-0.39, 0.29) is 23.3 Å². The Labute approximate surface area is 138 Å². The number of rotatable bonds is 2. The number of anilines is 1. The summed E-state index contributed by atoms with van der Waals surface area (Å²) in [4.78, 5) is 25.4. The third-order valence-electron chi connectivity index (χ3n) is 4.32. The molecular formula is C18H26N2O3. The van der Waals surface area contributed by atoms with Crippen molar-refractivity contribution >= 4 is 17.7 Å². The molecule has 1 aromatic rings. The molecule has 0 spiro atoms. The number of carbonyl (C=O) groups is 2. The van der Waals surface area contributed by atoms with E-state index < -0.39 is 0 Å². The summed E-state index contributed by atoms with van der Waals surface area (Å²) in [5.74, 6) is -0.0313. The van der Waals surface area contributed by atoms with Gasteiger partial charge in [0, 0.05) is 24.7 Å². The predicted molar refractivity (Wildman–Crippen MR) is 90.5 cm³/mol. The zero-order valence-corrected chi connectivity index (χ0v) is 14.4. The molecule has 1 aromatic carbocycles. The summed E-state index contributed by atoms with van der Waals surface area (Å²) < 4.78 is 4.71. The van der Waals surface area contributed by atoms with Gasteiger partial charge in [-0.15, -0.1) is 0 Å². The van der Waals surface area contributed by atoms with E-state index in [1.807, 2.05) is 12.1 Å². The standard InChI is InChI=1S/C18H26N2O3/c1-18(2,3)14-5-7-15(8-6-14)19-16(21)13-9-11-20(12-10-13)17(22)23-4/h5-8,13H,9-12H2,1-4H3,(H,19,21). The largest absolute Gasteiger partial charge is 0.453 e. The molecule has 0 saturated carbocycles. The Hall–Kier alpha value is -2.04. The van der Waals surface area contributed by atoms with Gasteiger partial charge in [0.25, 0.3) is 0 Å². The molecule has 5 heteroatoms. The molecule has 1 saturated heterocycles. The number of methoxy groups -OCH3 is 1. The highest BCUT2D eigenvalue weighted by Crippen LogP contribution is 2.24. The molecule has 126 valence electrons. The van der Waals surface area contributed by atoms with Gasteiger partial charge in [-0.05, 0) is 36.0 Å². The summed E-state index contributed by atoms with van der Waals surface area (Å²) >= 11 is 0. The molecular weight excluding hydrogens is 292 g/mol. The zero-order valence-electron chi connectivity index (χ0n) is 14.4. The highest BCUT2D eigenvalue weighted by molar-refractivity contribution is 5.92. The molecule has 2 amide bonds. The zero-order chi connectivity index (χ0) is 17.0. The molecule has 23 heavy (non-hydrogen) atoms. The lowest BCUT2D eigenvalue weighted by Gasteiger charge is -2.30. The van der Waals surface area contributed by atoms with Gasteiger partial charge in [-0.1, -0.05) is 32.9 Å². The summed E-state index contributed by atoms with van der Waals surface area (Å²) in [6.45, 7) is 7.61. The Morgan fingerprint density at radius 3 is 2.17 bits per heavy atom. The molecule has 1 aliphatic heterocycles. The van der Waals surface area contributed by atoms with E-state index in [0.717, 1.165) is 5.69 Å². The molecule has 2 rings (SSSR count). The van der Waals surface area contributed by atoms with Crippen molar-refractivity contribution in [1.82, 2.24) is 4.90 Å². The monoisotopic (exact) mass is 318 g/mol. The van der Waals surface area contributed by atoms with Gasteiger partial charge in [0.1, 0.15) is 0 Å². The number of nitrogens with zero attached hydrogens (tertiary/aromatic N) is 1. The van der Waals surface area contributed by atoms with Crippen molar-refractivity contribution in [1.29, 1.82) is 0 Å². The molecule has 1 N–H and O–H groups in total. The van der Waals surface area contributed by atoms with Crippen molar-refractivity contribution < 1.29 is 14.3 Å². The Morgan fingerprint density at radius 1 is 1.13 bits per heavy atom.